The van der Waals surface area contributed by atoms with Crippen LogP contribution in [0.15, 0.2) is 59.1 Å². The molecule has 0 unspecified atom stereocenters. The summed E-state index contributed by atoms with van der Waals surface area (Å²) in [6, 6.07) is 15.2. The molecule has 0 fully saturated rings. The summed E-state index contributed by atoms with van der Waals surface area (Å²) in [7, 11) is 0. The van der Waals surface area contributed by atoms with Crippen LogP contribution >= 0.6 is 0 Å². The Labute approximate surface area is 174 Å². The van der Waals surface area contributed by atoms with Crippen LogP contribution in [-0.4, -0.2) is 29.4 Å². The normalized spacial score (nSPS) is 10.7. The Hall–Kier alpha value is -3.74. The number of carbonyl (C=O) groups is 3. The third-order valence-electron chi connectivity index (χ3n) is 4.45. The van der Waals surface area contributed by atoms with E-state index < -0.39 is 12.6 Å². The van der Waals surface area contributed by atoms with Crippen molar-refractivity contribution in [3.8, 4) is 0 Å². The molecule has 0 atom stereocenters. The quantitative estimate of drug-likeness (QED) is 0.461. The molecule has 0 radical (unpaired) electrons. The SMILES string of the molecule is Cc1noc(C(C)C)c1C(=O)OCC(=O)c1ccc(NC(=O)c2ccccc2)cc1. The number of ketones is 1. The Kier molecular flexibility index (Phi) is 6.41. The third kappa shape index (κ3) is 4.81. The molecular formula is C23H22N2O5. The van der Waals surface area contributed by atoms with Crippen molar-refractivity contribution >= 4 is 23.3 Å². The topological polar surface area (TPSA) is 98.5 Å². The van der Waals surface area contributed by atoms with Crippen molar-refractivity contribution in [1.82, 2.24) is 5.16 Å². The van der Waals surface area contributed by atoms with Crippen molar-refractivity contribution in [3.05, 3.63) is 82.7 Å². The van der Waals surface area contributed by atoms with Crippen LogP contribution in [0.1, 0.15) is 62.3 Å². The van der Waals surface area contributed by atoms with E-state index in [9.17, 15) is 14.4 Å². The first kappa shape index (κ1) is 21.0. The number of nitrogens with zero attached hydrogens (tertiary/aromatic N) is 1. The number of hydrogen-bond acceptors (Lipinski definition) is 6. The minimum Gasteiger partial charge on any atom is -0.454 e. The first-order valence-corrected chi connectivity index (χ1v) is 9.49. The summed E-state index contributed by atoms with van der Waals surface area (Å²) in [6.07, 6.45) is 0. The Morgan fingerprint density at radius 1 is 1.00 bits per heavy atom. The zero-order valence-electron chi connectivity index (χ0n) is 17.0. The Morgan fingerprint density at radius 3 is 2.30 bits per heavy atom. The van der Waals surface area contributed by atoms with E-state index in [1.165, 1.54) is 0 Å². The number of esters is 1. The van der Waals surface area contributed by atoms with Gasteiger partial charge in [-0.1, -0.05) is 37.2 Å². The van der Waals surface area contributed by atoms with E-state index in [1.807, 2.05) is 19.9 Å². The van der Waals surface area contributed by atoms with Crippen LogP contribution in [0.5, 0.6) is 0 Å². The summed E-state index contributed by atoms with van der Waals surface area (Å²) in [5, 5.41) is 6.57. The molecule has 2 aromatic carbocycles. The van der Waals surface area contributed by atoms with Crippen molar-refractivity contribution in [1.29, 1.82) is 0 Å². The van der Waals surface area contributed by atoms with E-state index in [4.69, 9.17) is 9.26 Å². The molecule has 0 bridgehead atoms. The van der Waals surface area contributed by atoms with Gasteiger partial charge in [0.15, 0.2) is 18.2 Å². The Bertz CT molecular complexity index is 1050. The Balaban J connectivity index is 1.59. The van der Waals surface area contributed by atoms with Crippen LogP contribution in [-0.2, 0) is 4.74 Å². The van der Waals surface area contributed by atoms with Gasteiger partial charge < -0.3 is 14.6 Å². The molecule has 7 heteroatoms. The number of carbonyl (C=O) groups excluding carboxylic acids is 3. The fraction of sp³-hybridized carbons (Fsp3) is 0.217. The molecule has 0 saturated carbocycles. The Morgan fingerprint density at radius 2 is 1.67 bits per heavy atom. The van der Waals surface area contributed by atoms with Crippen LogP contribution in [0, 0.1) is 6.92 Å². The summed E-state index contributed by atoms with van der Waals surface area (Å²) in [4.78, 5) is 36.9. The molecule has 1 amide bonds. The van der Waals surface area contributed by atoms with Gasteiger partial charge in [0.2, 0.25) is 0 Å². The van der Waals surface area contributed by atoms with Crippen molar-refractivity contribution in [2.45, 2.75) is 26.7 Å². The highest BCUT2D eigenvalue weighted by Gasteiger charge is 2.24. The fourth-order valence-electron chi connectivity index (χ4n) is 2.85. The van der Waals surface area contributed by atoms with Crippen LogP contribution in [0.4, 0.5) is 5.69 Å². The highest BCUT2D eigenvalue weighted by molar-refractivity contribution is 6.05. The molecule has 0 aliphatic carbocycles. The molecule has 0 saturated heterocycles. The second-order valence-electron chi connectivity index (χ2n) is 7.06. The lowest BCUT2D eigenvalue weighted by Gasteiger charge is -2.08. The molecule has 1 heterocycles. The third-order valence-corrected chi connectivity index (χ3v) is 4.45. The lowest BCUT2D eigenvalue weighted by Crippen LogP contribution is -2.16. The molecule has 0 aliphatic rings. The molecule has 0 spiro atoms. The number of aromatic nitrogens is 1. The standard InChI is InChI=1S/C23H22N2O5/c1-14(2)21-20(15(3)25-30-21)23(28)29-13-19(26)16-9-11-18(12-10-16)24-22(27)17-7-5-4-6-8-17/h4-12,14H,13H2,1-3H3,(H,24,27). The smallest absolute Gasteiger partial charge is 0.344 e. The van der Waals surface area contributed by atoms with Crippen LogP contribution in [0.3, 0.4) is 0 Å². The number of aryl methyl sites for hydroxylation is 1. The first-order valence-electron chi connectivity index (χ1n) is 9.49. The molecule has 1 aromatic heterocycles. The van der Waals surface area contributed by atoms with Crippen molar-refractivity contribution < 1.29 is 23.6 Å². The minimum atomic E-state index is -0.641. The largest absolute Gasteiger partial charge is 0.454 e. The molecule has 0 aliphatic heterocycles. The van der Waals surface area contributed by atoms with E-state index in [0.717, 1.165) is 0 Å². The van der Waals surface area contributed by atoms with Gasteiger partial charge in [-0.2, -0.15) is 0 Å². The molecule has 3 aromatic rings. The fourth-order valence-corrected chi connectivity index (χ4v) is 2.85. The molecule has 154 valence electrons. The van der Waals surface area contributed by atoms with E-state index in [1.54, 1.807) is 55.5 Å². The second-order valence-corrected chi connectivity index (χ2v) is 7.06. The van der Waals surface area contributed by atoms with Gasteiger partial charge in [0.25, 0.3) is 5.91 Å². The second kappa shape index (κ2) is 9.17. The van der Waals surface area contributed by atoms with Gasteiger partial charge in [-0.25, -0.2) is 4.79 Å². The average molecular weight is 406 g/mol. The minimum absolute atomic E-state index is 0.0388. The van der Waals surface area contributed by atoms with E-state index >= 15 is 0 Å². The molecule has 3 rings (SSSR count). The number of Topliss-reactive ketones (excluding diaryl/α,β-unsaturated/α-hetero) is 1. The number of rotatable bonds is 7. The maximum absolute atomic E-state index is 12.4. The summed E-state index contributed by atoms with van der Waals surface area (Å²) in [5.74, 6) is -0.845. The highest BCUT2D eigenvalue weighted by atomic mass is 16.5. The monoisotopic (exact) mass is 406 g/mol. The van der Waals surface area contributed by atoms with E-state index in [2.05, 4.69) is 10.5 Å². The predicted molar refractivity (Wildman–Crippen MR) is 111 cm³/mol. The summed E-state index contributed by atoms with van der Waals surface area (Å²) in [6.45, 7) is 4.99. The highest BCUT2D eigenvalue weighted by Crippen LogP contribution is 2.23. The number of amides is 1. The maximum atomic E-state index is 12.4. The number of nitrogens with one attached hydrogen (secondary N) is 1. The lowest BCUT2D eigenvalue weighted by atomic mass is 10.1. The van der Waals surface area contributed by atoms with Gasteiger partial charge in [0, 0.05) is 22.7 Å². The number of ether oxygens (including phenoxy) is 1. The van der Waals surface area contributed by atoms with Crippen LogP contribution < -0.4 is 5.32 Å². The van der Waals surface area contributed by atoms with Gasteiger partial charge in [0.1, 0.15) is 5.56 Å². The van der Waals surface area contributed by atoms with Gasteiger partial charge in [-0.3, -0.25) is 9.59 Å². The number of benzene rings is 2. The predicted octanol–water partition coefficient (Wildman–Crippen LogP) is 4.40. The van der Waals surface area contributed by atoms with Gasteiger partial charge in [0.05, 0.1) is 5.69 Å². The zero-order chi connectivity index (χ0) is 21.7. The van der Waals surface area contributed by atoms with Crippen molar-refractivity contribution in [3.63, 3.8) is 0 Å². The molecule has 1 N–H and O–H groups in total. The van der Waals surface area contributed by atoms with E-state index in [-0.39, 0.29) is 23.2 Å². The van der Waals surface area contributed by atoms with Gasteiger partial charge in [-0.05, 0) is 43.3 Å². The van der Waals surface area contributed by atoms with Crippen molar-refractivity contribution in [2.75, 3.05) is 11.9 Å². The summed E-state index contributed by atoms with van der Waals surface area (Å²) >= 11 is 0. The van der Waals surface area contributed by atoms with Crippen molar-refractivity contribution in [2.24, 2.45) is 0 Å². The summed E-state index contributed by atoms with van der Waals surface area (Å²) in [5.41, 5.74) is 2.14. The summed E-state index contributed by atoms with van der Waals surface area (Å²) < 4.78 is 10.3. The van der Waals surface area contributed by atoms with Gasteiger partial charge >= 0.3 is 5.97 Å². The number of hydrogen-bond donors (Lipinski definition) is 1. The first-order chi connectivity index (χ1) is 14.4. The maximum Gasteiger partial charge on any atom is 0.344 e. The molecular weight excluding hydrogens is 384 g/mol. The molecule has 30 heavy (non-hydrogen) atoms. The molecule has 7 nitrogen and oxygen atoms in total. The zero-order valence-corrected chi connectivity index (χ0v) is 17.0. The number of anilines is 1. The van der Waals surface area contributed by atoms with Gasteiger partial charge in [-0.15, -0.1) is 0 Å². The lowest BCUT2D eigenvalue weighted by molar-refractivity contribution is 0.0471. The van der Waals surface area contributed by atoms with Crippen LogP contribution in [0.2, 0.25) is 0 Å². The van der Waals surface area contributed by atoms with E-state index in [0.29, 0.717) is 28.3 Å². The average Bonchev–Trinajstić information content (AvgIpc) is 3.14. The van der Waals surface area contributed by atoms with Crippen LogP contribution in [0.25, 0.3) is 0 Å².